The number of hydrogen-bond acceptors (Lipinski definition) is 4. The average molecular weight is 348 g/mol. The molecular weight excluding hydrogens is 316 g/mol. The van der Waals surface area contributed by atoms with Gasteiger partial charge in [0.1, 0.15) is 18.8 Å². The highest BCUT2D eigenvalue weighted by Gasteiger charge is 2.49. The maximum atomic E-state index is 11.9. The standard InChI is InChI=1S/C21H32O4/c22-21(24-12-16-11-23-16)25-15-6-9-18-14(10-15)5-8-19-17-3-1-2-13(17)4-7-20(18)19/h13-20H,1-12H2. The van der Waals surface area contributed by atoms with E-state index in [1.807, 2.05) is 0 Å². The first-order valence-electron chi connectivity index (χ1n) is 10.7. The number of epoxide rings is 1. The number of hydrogen-bond donors (Lipinski definition) is 0. The highest BCUT2D eigenvalue weighted by Crippen LogP contribution is 2.57. The zero-order valence-corrected chi connectivity index (χ0v) is 15.2. The number of carbonyl (C=O) groups is 1. The molecule has 140 valence electrons. The second kappa shape index (κ2) is 6.75. The Morgan fingerprint density at radius 2 is 1.56 bits per heavy atom. The minimum atomic E-state index is -0.487. The molecule has 5 aliphatic rings. The van der Waals surface area contributed by atoms with Gasteiger partial charge in [-0.05, 0) is 86.9 Å². The van der Waals surface area contributed by atoms with E-state index in [0.717, 1.165) is 48.3 Å². The summed E-state index contributed by atoms with van der Waals surface area (Å²) >= 11 is 0. The number of fused-ring (bicyclic) bond motifs is 5. The molecule has 5 fully saturated rings. The number of carbonyl (C=O) groups excluding carboxylic acids is 1. The molecule has 4 nitrogen and oxygen atoms in total. The summed E-state index contributed by atoms with van der Waals surface area (Å²) in [5.74, 6) is 5.77. The SMILES string of the molecule is O=C(OCC1CO1)OC1CCC2C(CCC3C4CCCC4CCC23)C1. The van der Waals surface area contributed by atoms with Crippen LogP contribution in [0.3, 0.4) is 0 Å². The minimum Gasteiger partial charge on any atom is -0.431 e. The Balaban J connectivity index is 1.16. The van der Waals surface area contributed by atoms with Crippen LogP contribution in [0.4, 0.5) is 4.79 Å². The Kier molecular flexibility index (Phi) is 4.43. The van der Waals surface area contributed by atoms with Gasteiger partial charge in [-0.15, -0.1) is 0 Å². The molecular formula is C21H32O4. The Bertz CT molecular complexity index is 502. The highest BCUT2D eigenvalue weighted by molar-refractivity contribution is 5.60. The van der Waals surface area contributed by atoms with Crippen LogP contribution in [0.5, 0.6) is 0 Å². The summed E-state index contributed by atoms with van der Waals surface area (Å²) in [6.45, 7) is 1.06. The topological polar surface area (TPSA) is 48.1 Å². The van der Waals surface area contributed by atoms with E-state index in [-0.39, 0.29) is 12.2 Å². The van der Waals surface area contributed by atoms with Crippen molar-refractivity contribution in [3.05, 3.63) is 0 Å². The third-order valence-electron chi connectivity index (χ3n) is 8.15. The lowest BCUT2D eigenvalue weighted by molar-refractivity contribution is -0.0600. The lowest BCUT2D eigenvalue weighted by atomic mass is 9.53. The molecule has 1 saturated heterocycles. The van der Waals surface area contributed by atoms with Crippen molar-refractivity contribution in [2.24, 2.45) is 35.5 Å². The minimum absolute atomic E-state index is 0.0771. The zero-order chi connectivity index (χ0) is 16.8. The van der Waals surface area contributed by atoms with Crippen LogP contribution in [0.1, 0.15) is 64.2 Å². The summed E-state index contributed by atoms with van der Waals surface area (Å²) in [7, 11) is 0. The van der Waals surface area contributed by atoms with Gasteiger partial charge < -0.3 is 14.2 Å². The van der Waals surface area contributed by atoms with Crippen molar-refractivity contribution in [1.82, 2.24) is 0 Å². The van der Waals surface area contributed by atoms with Crippen LogP contribution in [0.2, 0.25) is 0 Å². The molecule has 0 radical (unpaired) electrons. The molecule has 0 spiro atoms. The van der Waals surface area contributed by atoms with Crippen molar-refractivity contribution in [3.8, 4) is 0 Å². The Labute approximate surface area is 151 Å². The smallest absolute Gasteiger partial charge is 0.431 e. The van der Waals surface area contributed by atoms with Gasteiger partial charge in [-0.25, -0.2) is 4.79 Å². The fraction of sp³-hybridized carbons (Fsp3) is 0.952. The second-order valence-corrected chi connectivity index (χ2v) is 9.33. The Morgan fingerprint density at radius 3 is 2.36 bits per heavy atom. The lowest BCUT2D eigenvalue weighted by Gasteiger charge is -2.52. The van der Waals surface area contributed by atoms with Gasteiger partial charge in [0.15, 0.2) is 0 Å². The van der Waals surface area contributed by atoms with E-state index in [9.17, 15) is 4.79 Å². The van der Waals surface area contributed by atoms with Crippen LogP contribution < -0.4 is 0 Å². The monoisotopic (exact) mass is 348 g/mol. The van der Waals surface area contributed by atoms with Crippen molar-refractivity contribution < 1.29 is 19.0 Å². The van der Waals surface area contributed by atoms with Gasteiger partial charge in [-0.2, -0.15) is 0 Å². The van der Waals surface area contributed by atoms with Crippen LogP contribution in [0.25, 0.3) is 0 Å². The molecule has 4 saturated carbocycles. The van der Waals surface area contributed by atoms with Gasteiger partial charge in [0.2, 0.25) is 0 Å². The average Bonchev–Trinajstić information content (AvgIpc) is 3.33. The van der Waals surface area contributed by atoms with E-state index in [2.05, 4.69) is 0 Å². The fourth-order valence-corrected chi connectivity index (χ4v) is 7.03. The largest absolute Gasteiger partial charge is 0.508 e. The number of ether oxygens (including phenoxy) is 3. The van der Waals surface area contributed by atoms with Gasteiger partial charge in [0, 0.05) is 0 Å². The second-order valence-electron chi connectivity index (χ2n) is 9.33. The van der Waals surface area contributed by atoms with Crippen molar-refractivity contribution in [3.63, 3.8) is 0 Å². The van der Waals surface area contributed by atoms with E-state index in [1.54, 1.807) is 0 Å². The summed E-state index contributed by atoms with van der Waals surface area (Å²) < 4.78 is 15.8. The van der Waals surface area contributed by atoms with E-state index in [4.69, 9.17) is 14.2 Å². The summed E-state index contributed by atoms with van der Waals surface area (Å²) in [4.78, 5) is 11.9. The quantitative estimate of drug-likeness (QED) is 0.554. The van der Waals surface area contributed by atoms with Crippen LogP contribution >= 0.6 is 0 Å². The molecule has 1 heterocycles. The molecule has 8 unspecified atom stereocenters. The third-order valence-corrected chi connectivity index (χ3v) is 8.15. The summed E-state index contributed by atoms with van der Waals surface area (Å²) in [5.41, 5.74) is 0. The molecule has 25 heavy (non-hydrogen) atoms. The van der Waals surface area contributed by atoms with E-state index in [0.29, 0.717) is 13.2 Å². The molecule has 0 bridgehead atoms. The van der Waals surface area contributed by atoms with Gasteiger partial charge in [-0.1, -0.05) is 12.8 Å². The van der Waals surface area contributed by atoms with Gasteiger partial charge >= 0.3 is 6.16 Å². The van der Waals surface area contributed by atoms with Crippen molar-refractivity contribution in [2.75, 3.05) is 13.2 Å². The molecule has 0 aromatic rings. The van der Waals surface area contributed by atoms with Gasteiger partial charge in [0.05, 0.1) is 6.61 Å². The molecule has 0 aromatic heterocycles. The highest BCUT2D eigenvalue weighted by atomic mass is 16.7. The predicted octanol–water partition coefficient (Wildman–Crippen LogP) is 4.56. The lowest BCUT2D eigenvalue weighted by Crippen LogP contribution is -2.45. The van der Waals surface area contributed by atoms with E-state index >= 15 is 0 Å². The first kappa shape index (κ1) is 16.4. The van der Waals surface area contributed by atoms with Crippen LogP contribution in [0, 0.1) is 35.5 Å². The van der Waals surface area contributed by atoms with Crippen LogP contribution in [-0.4, -0.2) is 31.6 Å². The fourth-order valence-electron chi connectivity index (χ4n) is 7.03. The normalized spacial score (nSPS) is 48.0. The summed E-state index contributed by atoms with van der Waals surface area (Å²) in [5, 5.41) is 0. The molecule has 0 N–H and O–H groups in total. The van der Waals surface area contributed by atoms with Crippen molar-refractivity contribution >= 4 is 6.16 Å². The molecule has 4 aliphatic carbocycles. The van der Waals surface area contributed by atoms with Crippen LogP contribution in [0.15, 0.2) is 0 Å². The zero-order valence-electron chi connectivity index (χ0n) is 15.2. The predicted molar refractivity (Wildman–Crippen MR) is 93.1 cm³/mol. The van der Waals surface area contributed by atoms with Gasteiger partial charge in [-0.3, -0.25) is 0 Å². The maximum Gasteiger partial charge on any atom is 0.508 e. The van der Waals surface area contributed by atoms with Crippen molar-refractivity contribution in [1.29, 1.82) is 0 Å². The van der Waals surface area contributed by atoms with Gasteiger partial charge in [0.25, 0.3) is 0 Å². The number of rotatable bonds is 3. The van der Waals surface area contributed by atoms with E-state index in [1.165, 1.54) is 51.4 Å². The third kappa shape index (κ3) is 3.31. The summed E-state index contributed by atoms with van der Waals surface area (Å²) in [6.07, 6.45) is 13.3. The molecule has 0 amide bonds. The van der Waals surface area contributed by atoms with Crippen molar-refractivity contribution in [2.45, 2.75) is 76.4 Å². The first-order valence-corrected chi connectivity index (χ1v) is 10.7. The Hall–Kier alpha value is -0.770. The Morgan fingerprint density at radius 1 is 0.840 bits per heavy atom. The molecule has 4 heteroatoms. The van der Waals surface area contributed by atoms with E-state index < -0.39 is 6.16 Å². The molecule has 8 atom stereocenters. The van der Waals surface area contributed by atoms with Crippen LogP contribution in [-0.2, 0) is 14.2 Å². The molecule has 5 rings (SSSR count). The maximum absolute atomic E-state index is 11.9. The molecule has 1 aliphatic heterocycles. The first-order chi connectivity index (χ1) is 12.3. The molecule has 0 aromatic carbocycles. The summed E-state index contributed by atoms with van der Waals surface area (Å²) in [6, 6.07) is 0.